The van der Waals surface area contributed by atoms with Crippen LogP contribution < -0.4 is 10.6 Å². The van der Waals surface area contributed by atoms with Crippen LogP contribution in [0.25, 0.3) is 0 Å². The second-order valence-corrected chi connectivity index (χ2v) is 4.99. The Bertz CT molecular complexity index is 621. The first-order chi connectivity index (χ1) is 9.72. The molecule has 3 rings (SSSR count). The highest BCUT2D eigenvalue weighted by Gasteiger charge is 2.23. The molecule has 1 aromatic carbocycles. The summed E-state index contributed by atoms with van der Waals surface area (Å²) in [5.41, 5.74) is 2.50. The van der Waals surface area contributed by atoms with Crippen LogP contribution in [0.5, 0.6) is 0 Å². The molecule has 1 atom stereocenters. The summed E-state index contributed by atoms with van der Waals surface area (Å²) in [6.07, 6.45) is 2.36. The van der Waals surface area contributed by atoms with Crippen molar-refractivity contribution in [2.45, 2.75) is 32.5 Å². The van der Waals surface area contributed by atoms with Crippen molar-refractivity contribution in [3.63, 3.8) is 0 Å². The van der Waals surface area contributed by atoms with Crippen molar-refractivity contribution in [1.82, 2.24) is 15.6 Å². The van der Waals surface area contributed by atoms with E-state index in [1.165, 1.54) is 11.1 Å². The standard InChI is InChI=1S/C15H17N3O2/c1-10-7-17-14(20-10)9-18-15(19)13-6-11-4-2-3-5-12(11)8-16-13/h2-5,7,13,16H,6,8-9H2,1H3,(H,18,19)/t13-/m0/s1. The predicted octanol–water partition coefficient (Wildman–Crippen LogP) is 1.31. The van der Waals surface area contributed by atoms with E-state index < -0.39 is 0 Å². The van der Waals surface area contributed by atoms with Crippen LogP contribution in [0.15, 0.2) is 34.9 Å². The van der Waals surface area contributed by atoms with Crippen LogP contribution in [0.4, 0.5) is 0 Å². The fourth-order valence-electron chi connectivity index (χ4n) is 2.41. The number of rotatable bonds is 3. The Morgan fingerprint density at radius 2 is 2.25 bits per heavy atom. The predicted molar refractivity (Wildman–Crippen MR) is 73.9 cm³/mol. The molecular weight excluding hydrogens is 254 g/mol. The molecule has 104 valence electrons. The number of benzene rings is 1. The minimum atomic E-state index is -0.194. The minimum Gasteiger partial charge on any atom is -0.444 e. The van der Waals surface area contributed by atoms with Crippen molar-refractivity contribution in [1.29, 1.82) is 0 Å². The zero-order chi connectivity index (χ0) is 13.9. The first-order valence-electron chi connectivity index (χ1n) is 6.71. The van der Waals surface area contributed by atoms with Crippen molar-refractivity contribution < 1.29 is 9.21 Å². The van der Waals surface area contributed by atoms with Gasteiger partial charge in [-0.2, -0.15) is 0 Å². The number of amides is 1. The fourth-order valence-corrected chi connectivity index (χ4v) is 2.41. The Morgan fingerprint density at radius 3 is 3.00 bits per heavy atom. The van der Waals surface area contributed by atoms with E-state index in [-0.39, 0.29) is 11.9 Å². The third-order valence-electron chi connectivity index (χ3n) is 3.48. The number of fused-ring (bicyclic) bond motifs is 1. The molecule has 0 radical (unpaired) electrons. The number of carbonyl (C=O) groups is 1. The van der Waals surface area contributed by atoms with Crippen LogP contribution in [-0.4, -0.2) is 16.9 Å². The van der Waals surface area contributed by atoms with E-state index in [4.69, 9.17) is 4.42 Å². The van der Waals surface area contributed by atoms with E-state index in [1.54, 1.807) is 6.20 Å². The molecule has 5 nitrogen and oxygen atoms in total. The van der Waals surface area contributed by atoms with E-state index in [1.807, 2.05) is 19.1 Å². The molecule has 2 heterocycles. The number of aromatic nitrogens is 1. The van der Waals surface area contributed by atoms with E-state index in [0.717, 1.165) is 12.3 Å². The highest BCUT2D eigenvalue weighted by Crippen LogP contribution is 2.16. The summed E-state index contributed by atoms with van der Waals surface area (Å²) >= 11 is 0. The summed E-state index contributed by atoms with van der Waals surface area (Å²) in [4.78, 5) is 16.2. The lowest BCUT2D eigenvalue weighted by Gasteiger charge is -2.25. The Balaban J connectivity index is 1.59. The van der Waals surface area contributed by atoms with Gasteiger partial charge < -0.3 is 15.1 Å². The first-order valence-corrected chi connectivity index (χ1v) is 6.71. The van der Waals surface area contributed by atoms with E-state index in [0.29, 0.717) is 18.9 Å². The molecule has 2 aromatic rings. The molecule has 0 aliphatic carbocycles. The smallest absolute Gasteiger partial charge is 0.237 e. The van der Waals surface area contributed by atoms with Gasteiger partial charge in [0.05, 0.1) is 18.8 Å². The second-order valence-electron chi connectivity index (χ2n) is 4.99. The van der Waals surface area contributed by atoms with E-state index in [9.17, 15) is 4.79 Å². The van der Waals surface area contributed by atoms with Crippen LogP contribution in [-0.2, 0) is 24.3 Å². The average Bonchev–Trinajstić information content (AvgIpc) is 2.90. The molecule has 0 fully saturated rings. The number of nitrogens with one attached hydrogen (secondary N) is 2. The Kier molecular flexibility index (Phi) is 3.52. The fraction of sp³-hybridized carbons (Fsp3) is 0.333. The Labute approximate surface area is 117 Å². The maximum Gasteiger partial charge on any atom is 0.237 e. The molecular formula is C15H17N3O2. The molecule has 1 aliphatic heterocycles. The summed E-state index contributed by atoms with van der Waals surface area (Å²) in [6, 6.07) is 8.00. The molecule has 0 spiro atoms. The van der Waals surface area contributed by atoms with Gasteiger partial charge in [-0.15, -0.1) is 0 Å². The molecule has 1 amide bonds. The van der Waals surface area contributed by atoms with Gasteiger partial charge in [0.2, 0.25) is 11.8 Å². The van der Waals surface area contributed by atoms with Crippen molar-refractivity contribution >= 4 is 5.91 Å². The van der Waals surface area contributed by atoms with Gasteiger partial charge in [-0.1, -0.05) is 24.3 Å². The average molecular weight is 271 g/mol. The van der Waals surface area contributed by atoms with Crippen LogP contribution in [0.1, 0.15) is 22.8 Å². The number of oxazole rings is 1. The number of nitrogens with zero attached hydrogens (tertiary/aromatic N) is 1. The van der Waals surface area contributed by atoms with Crippen LogP contribution in [0.2, 0.25) is 0 Å². The lowest BCUT2D eigenvalue weighted by Crippen LogP contribution is -2.47. The SMILES string of the molecule is Cc1cnc(CNC(=O)[C@@H]2Cc3ccccc3CN2)o1. The molecule has 1 aromatic heterocycles. The number of aryl methyl sites for hydroxylation is 1. The zero-order valence-corrected chi connectivity index (χ0v) is 11.3. The topological polar surface area (TPSA) is 67.2 Å². The van der Waals surface area contributed by atoms with Crippen molar-refractivity contribution in [3.05, 3.63) is 53.2 Å². The Morgan fingerprint density at radius 1 is 1.45 bits per heavy atom. The van der Waals surface area contributed by atoms with Crippen LogP contribution >= 0.6 is 0 Å². The molecule has 0 bridgehead atoms. The van der Waals surface area contributed by atoms with Gasteiger partial charge in [0.15, 0.2) is 0 Å². The van der Waals surface area contributed by atoms with Crippen molar-refractivity contribution in [3.8, 4) is 0 Å². The van der Waals surface area contributed by atoms with Gasteiger partial charge in [-0.3, -0.25) is 4.79 Å². The Hall–Kier alpha value is -2.14. The maximum atomic E-state index is 12.1. The van der Waals surface area contributed by atoms with E-state index in [2.05, 4.69) is 27.8 Å². The molecule has 1 aliphatic rings. The molecule has 0 unspecified atom stereocenters. The minimum absolute atomic E-state index is 0.0182. The number of hydrogen-bond donors (Lipinski definition) is 2. The lowest BCUT2D eigenvalue weighted by molar-refractivity contribution is -0.123. The third kappa shape index (κ3) is 2.72. The molecule has 5 heteroatoms. The zero-order valence-electron chi connectivity index (χ0n) is 11.3. The van der Waals surface area contributed by atoms with Crippen molar-refractivity contribution in [2.75, 3.05) is 0 Å². The molecule has 0 saturated carbocycles. The van der Waals surface area contributed by atoms with Crippen LogP contribution in [0.3, 0.4) is 0 Å². The van der Waals surface area contributed by atoms with E-state index >= 15 is 0 Å². The highest BCUT2D eigenvalue weighted by atomic mass is 16.4. The highest BCUT2D eigenvalue weighted by molar-refractivity contribution is 5.82. The number of carbonyl (C=O) groups excluding carboxylic acids is 1. The summed E-state index contributed by atoms with van der Waals surface area (Å²) < 4.78 is 5.33. The summed E-state index contributed by atoms with van der Waals surface area (Å²) in [7, 11) is 0. The molecule has 2 N–H and O–H groups in total. The summed E-state index contributed by atoms with van der Waals surface area (Å²) in [6.45, 7) is 2.89. The van der Waals surface area contributed by atoms with Gasteiger partial charge in [-0.25, -0.2) is 4.98 Å². The largest absolute Gasteiger partial charge is 0.444 e. The lowest BCUT2D eigenvalue weighted by atomic mass is 9.95. The third-order valence-corrected chi connectivity index (χ3v) is 3.48. The van der Waals surface area contributed by atoms with Gasteiger partial charge in [0.25, 0.3) is 0 Å². The van der Waals surface area contributed by atoms with Gasteiger partial charge >= 0.3 is 0 Å². The molecule has 0 saturated heterocycles. The summed E-state index contributed by atoms with van der Waals surface area (Å²) in [5, 5.41) is 6.11. The van der Waals surface area contributed by atoms with Crippen molar-refractivity contribution in [2.24, 2.45) is 0 Å². The summed E-state index contributed by atoms with van der Waals surface area (Å²) in [5.74, 6) is 1.27. The van der Waals surface area contributed by atoms with Crippen LogP contribution in [0, 0.1) is 6.92 Å². The van der Waals surface area contributed by atoms with Gasteiger partial charge in [-0.05, 0) is 24.5 Å². The quantitative estimate of drug-likeness (QED) is 0.883. The maximum absolute atomic E-state index is 12.1. The normalized spacial score (nSPS) is 17.6. The second kappa shape index (κ2) is 5.46. The van der Waals surface area contributed by atoms with Gasteiger partial charge in [0.1, 0.15) is 5.76 Å². The van der Waals surface area contributed by atoms with Gasteiger partial charge in [0, 0.05) is 6.54 Å². The number of hydrogen-bond acceptors (Lipinski definition) is 4. The monoisotopic (exact) mass is 271 g/mol. The first kappa shape index (κ1) is 12.9. The molecule has 20 heavy (non-hydrogen) atoms.